The molecule has 0 unspecified atom stereocenters. The average molecular weight is 292 g/mol. The van der Waals surface area contributed by atoms with E-state index in [0.717, 1.165) is 11.1 Å². The molecule has 2 aromatic rings. The van der Waals surface area contributed by atoms with Gasteiger partial charge < -0.3 is 10.6 Å². The highest BCUT2D eigenvalue weighted by Gasteiger charge is 2.10. The highest BCUT2D eigenvalue weighted by atomic mass is 16.1. The van der Waals surface area contributed by atoms with Crippen molar-refractivity contribution in [2.45, 2.75) is 13.8 Å². The zero-order valence-electron chi connectivity index (χ0n) is 12.4. The Kier molecular flexibility index (Phi) is 4.89. The molecule has 2 rings (SSSR count). The third-order valence-electron chi connectivity index (χ3n) is 3.04. The van der Waals surface area contributed by atoms with E-state index < -0.39 is 5.91 Å². The summed E-state index contributed by atoms with van der Waals surface area (Å²) in [7, 11) is 0. The number of nitrogens with one attached hydrogen (secondary N) is 2. The lowest BCUT2D eigenvalue weighted by Crippen LogP contribution is -2.15. The normalized spacial score (nSPS) is 10.7. The zero-order chi connectivity index (χ0) is 15.9. The van der Waals surface area contributed by atoms with Crippen LogP contribution in [0.2, 0.25) is 0 Å². The third-order valence-corrected chi connectivity index (χ3v) is 3.04. The van der Waals surface area contributed by atoms with Crippen LogP contribution >= 0.6 is 0 Å². The molecule has 0 aliphatic carbocycles. The van der Waals surface area contributed by atoms with Crippen LogP contribution in [0.5, 0.6) is 0 Å². The standard InChI is InChI=1S/C17H16N4O/c1-12-7-8-19-16(9-12)20-11-14(10-18)17(22)21-15-6-4-3-5-13(15)2/h3-9,11H,1-2H3,(H,19,20)(H,21,22)/b14-11-. The van der Waals surface area contributed by atoms with Crippen LogP contribution in [-0.2, 0) is 4.79 Å². The lowest BCUT2D eigenvalue weighted by Gasteiger charge is -2.07. The summed E-state index contributed by atoms with van der Waals surface area (Å²) in [4.78, 5) is 16.2. The van der Waals surface area contributed by atoms with Crippen LogP contribution in [0.1, 0.15) is 11.1 Å². The zero-order valence-corrected chi connectivity index (χ0v) is 12.4. The molecule has 0 fully saturated rings. The van der Waals surface area contributed by atoms with Crippen LogP contribution in [-0.4, -0.2) is 10.9 Å². The van der Waals surface area contributed by atoms with Gasteiger partial charge in [0, 0.05) is 18.1 Å². The fraction of sp³-hybridized carbons (Fsp3) is 0.118. The maximum atomic E-state index is 12.1. The topological polar surface area (TPSA) is 77.8 Å². The van der Waals surface area contributed by atoms with Crippen molar-refractivity contribution in [2.75, 3.05) is 10.6 Å². The van der Waals surface area contributed by atoms with Gasteiger partial charge in [-0.05, 0) is 43.2 Å². The summed E-state index contributed by atoms with van der Waals surface area (Å²) in [6.45, 7) is 3.83. The molecule has 1 amide bonds. The predicted molar refractivity (Wildman–Crippen MR) is 86.1 cm³/mol. The van der Waals surface area contributed by atoms with Gasteiger partial charge in [0.1, 0.15) is 17.5 Å². The number of rotatable bonds is 4. The predicted octanol–water partition coefficient (Wildman–Crippen LogP) is 3.16. The number of carbonyl (C=O) groups excluding carboxylic acids is 1. The van der Waals surface area contributed by atoms with Crippen LogP contribution < -0.4 is 10.6 Å². The maximum absolute atomic E-state index is 12.1. The molecule has 0 aliphatic heterocycles. The number of aryl methyl sites for hydroxylation is 2. The van der Waals surface area contributed by atoms with Crippen molar-refractivity contribution in [1.82, 2.24) is 4.98 Å². The van der Waals surface area contributed by atoms with Gasteiger partial charge in [-0.2, -0.15) is 5.26 Å². The first-order valence-electron chi connectivity index (χ1n) is 6.76. The van der Waals surface area contributed by atoms with Gasteiger partial charge in [0.25, 0.3) is 5.91 Å². The van der Waals surface area contributed by atoms with Gasteiger partial charge in [0.15, 0.2) is 0 Å². The van der Waals surface area contributed by atoms with Crippen molar-refractivity contribution in [1.29, 1.82) is 5.26 Å². The fourth-order valence-corrected chi connectivity index (χ4v) is 1.81. The number of aromatic nitrogens is 1. The van der Waals surface area contributed by atoms with Crippen LogP contribution in [0.3, 0.4) is 0 Å². The Hall–Kier alpha value is -3.13. The molecule has 0 saturated carbocycles. The molecule has 5 nitrogen and oxygen atoms in total. The number of amides is 1. The molecule has 0 bridgehead atoms. The summed E-state index contributed by atoms with van der Waals surface area (Å²) in [6.07, 6.45) is 3.01. The summed E-state index contributed by atoms with van der Waals surface area (Å²) in [6, 6.07) is 13.0. The molecule has 1 aromatic heterocycles. The second-order valence-corrected chi connectivity index (χ2v) is 4.80. The number of hydrogen-bond acceptors (Lipinski definition) is 4. The number of carbonyl (C=O) groups is 1. The molecule has 0 aliphatic rings. The van der Waals surface area contributed by atoms with E-state index in [1.807, 2.05) is 50.2 Å². The van der Waals surface area contributed by atoms with E-state index in [4.69, 9.17) is 5.26 Å². The molecular formula is C17H16N4O. The van der Waals surface area contributed by atoms with Crippen LogP contribution in [0.4, 0.5) is 11.5 Å². The summed E-state index contributed by atoms with van der Waals surface area (Å²) in [5, 5.41) is 14.7. The van der Waals surface area contributed by atoms with Gasteiger partial charge in [-0.1, -0.05) is 18.2 Å². The molecule has 1 aromatic carbocycles. The third kappa shape index (κ3) is 3.93. The van der Waals surface area contributed by atoms with Crippen LogP contribution in [0.15, 0.2) is 54.4 Å². The Morgan fingerprint density at radius 3 is 2.73 bits per heavy atom. The molecule has 0 atom stereocenters. The number of para-hydroxylation sites is 1. The molecule has 22 heavy (non-hydrogen) atoms. The molecule has 110 valence electrons. The van der Waals surface area contributed by atoms with Gasteiger partial charge in [-0.25, -0.2) is 4.98 Å². The molecular weight excluding hydrogens is 276 g/mol. The summed E-state index contributed by atoms with van der Waals surface area (Å²) >= 11 is 0. The summed E-state index contributed by atoms with van der Waals surface area (Å²) < 4.78 is 0. The van der Waals surface area contributed by atoms with Crippen LogP contribution in [0, 0.1) is 25.2 Å². The van der Waals surface area contributed by atoms with Crippen molar-refractivity contribution in [3.05, 3.63) is 65.5 Å². The van der Waals surface area contributed by atoms with E-state index in [2.05, 4.69) is 15.6 Å². The highest BCUT2D eigenvalue weighted by molar-refractivity contribution is 6.07. The first-order valence-corrected chi connectivity index (χ1v) is 6.76. The van der Waals surface area contributed by atoms with Crippen molar-refractivity contribution in [3.63, 3.8) is 0 Å². The number of pyridine rings is 1. The largest absolute Gasteiger partial charge is 0.345 e. The number of hydrogen-bond donors (Lipinski definition) is 2. The molecule has 0 spiro atoms. The SMILES string of the molecule is Cc1ccnc(N/C=C(/C#N)C(=O)Nc2ccccc2C)c1. The number of benzene rings is 1. The Labute approximate surface area is 129 Å². The lowest BCUT2D eigenvalue weighted by atomic mass is 10.2. The molecule has 1 heterocycles. The Bertz CT molecular complexity index is 759. The second-order valence-electron chi connectivity index (χ2n) is 4.80. The van der Waals surface area contributed by atoms with Crippen LogP contribution in [0.25, 0.3) is 0 Å². The first kappa shape index (κ1) is 15.3. The van der Waals surface area contributed by atoms with E-state index in [1.165, 1.54) is 6.20 Å². The number of nitriles is 1. The van der Waals surface area contributed by atoms with Crippen molar-refractivity contribution < 1.29 is 4.79 Å². The number of nitrogens with zero attached hydrogens (tertiary/aromatic N) is 2. The van der Waals surface area contributed by atoms with Gasteiger partial charge >= 0.3 is 0 Å². The maximum Gasteiger partial charge on any atom is 0.267 e. The molecule has 0 radical (unpaired) electrons. The van der Waals surface area contributed by atoms with E-state index in [0.29, 0.717) is 11.5 Å². The molecule has 5 heteroatoms. The average Bonchev–Trinajstić information content (AvgIpc) is 2.50. The van der Waals surface area contributed by atoms with Gasteiger partial charge in [-0.3, -0.25) is 4.79 Å². The Morgan fingerprint density at radius 1 is 1.27 bits per heavy atom. The summed E-state index contributed by atoms with van der Waals surface area (Å²) in [5.41, 5.74) is 2.63. The van der Waals surface area contributed by atoms with Gasteiger partial charge in [0.05, 0.1) is 0 Å². The Morgan fingerprint density at radius 2 is 2.05 bits per heavy atom. The number of anilines is 2. The highest BCUT2D eigenvalue weighted by Crippen LogP contribution is 2.14. The van der Waals surface area contributed by atoms with Gasteiger partial charge in [0.2, 0.25) is 0 Å². The summed E-state index contributed by atoms with van der Waals surface area (Å²) in [5.74, 6) is 0.119. The van der Waals surface area contributed by atoms with Crippen molar-refractivity contribution in [2.24, 2.45) is 0 Å². The van der Waals surface area contributed by atoms with E-state index in [-0.39, 0.29) is 5.57 Å². The quantitative estimate of drug-likeness (QED) is 0.670. The van der Waals surface area contributed by atoms with Gasteiger partial charge in [-0.15, -0.1) is 0 Å². The van der Waals surface area contributed by atoms with E-state index in [1.54, 1.807) is 12.3 Å². The monoisotopic (exact) mass is 292 g/mol. The smallest absolute Gasteiger partial charge is 0.267 e. The minimum Gasteiger partial charge on any atom is -0.345 e. The van der Waals surface area contributed by atoms with Crippen molar-refractivity contribution in [3.8, 4) is 6.07 Å². The minimum atomic E-state index is -0.461. The van der Waals surface area contributed by atoms with E-state index in [9.17, 15) is 4.79 Å². The Balaban J connectivity index is 2.11. The second kappa shape index (κ2) is 7.04. The molecule has 2 N–H and O–H groups in total. The van der Waals surface area contributed by atoms with Crippen molar-refractivity contribution >= 4 is 17.4 Å². The van der Waals surface area contributed by atoms with E-state index >= 15 is 0 Å². The lowest BCUT2D eigenvalue weighted by molar-refractivity contribution is -0.112. The molecule has 0 saturated heterocycles. The minimum absolute atomic E-state index is 0.0217. The first-order chi connectivity index (χ1) is 10.6. The fourth-order valence-electron chi connectivity index (χ4n) is 1.81.